The average Bonchev–Trinajstić information content (AvgIpc) is 3.27. The van der Waals surface area contributed by atoms with E-state index in [2.05, 4.69) is 22.2 Å². The normalized spacial score (nSPS) is 16.8. The molecule has 2 atom stereocenters. The first kappa shape index (κ1) is 24.3. The number of carbonyl (C=O) groups excluding carboxylic acids is 2. The third-order valence-corrected chi connectivity index (χ3v) is 6.90. The predicted octanol–water partition coefficient (Wildman–Crippen LogP) is 3.08. The number of rotatable bonds is 7. The first-order chi connectivity index (χ1) is 16.3. The van der Waals surface area contributed by atoms with Crippen molar-refractivity contribution in [2.24, 2.45) is 0 Å². The highest BCUT2D eigenvalue weighted by molar-refractivity contribution is 6.31. The van der Waals surface area contributed by atoms with Gasteiger partial charge in [0.1, 0.15) is 5.69 Å². The molecule has 8 heteroatoms. The summed E-state index contributed by atoms with van der Waals surface area (Å²) in [7, 11) is 3.81. The predicted molar refractivity (Wildman–Crippen MR) is 134 cm³/mol. The van der Waals surface area contributed by atoms with Gasteiger partial charge in [0, 0.05) is 29.0 Å². The Morgan fingerprint density at radius 2 is 1.88 bits per heavy atom. The van der Waals surface area contributed by atoms with Crippen molar-refractivity contribution in [2.75, 3.05) is 27.2 Å². The minimum Gasteiger partial charge on any atom is -0.381 e. The molecular formula is C26H31ClN4O3. The lowest BCUT2D eigenvalue weighted by Gasteiger charge is -2.37. The Kier molecular flexibility index (Phi) is 7.56. The standard InChI is InChI=1S/C26H31ClN4O3/c1-30-12-10-20(11-13-30)31(2)26(34)24(32)22(14-17-6-4-3-5-7-17)29-25(33)23-16-18-15-19(27)8-9-21(18)28-23/h3-9,15-16,20,22,24,28,32H,10-14H2,1-2H3,(H,29,33)/t22-,24+/m0/s1. The summed E-state index contributed by atoms with van der Waals surface area (Å²) in [5.74, 6) is -0.763. The summed E-state index contributed by atoms with van der Waals surface area (Å²) in [6.45, 7) is 1.82. The summed E-state index contributed by atoms with van der Waals surface area (Å²) < 4.78 is 0. The van der Waals surface area contributed by atoms with E-state index in [4.69, 9.17) is 11.6 Å². The molecule has 0 unspecified atom stereocenters. The Hall–Kier alpha value is -2.87. The highest BCUT2D eigenvalue weighted by Gasteiger charge is 2.34. The number of piperidine rings is 1. The van der Waals surface area contributed by atoms with Gasteiger partial charge in [-0.2, -0.15) is 0 Å². The molecule has 1 saturated heterocycles. The number of fused-ring (bicyclic) bond motifs is 1. The van der Waals surface area contributed by atoms with Crippen LogP contribution in [0.1, 0.15) is 28.9 Å². The molecule has 1 aromatic heterocycles. The summed E-state index contributed by atoms with van der Waals surface area (Å²) in [5.41, 5.74) is 2.05. The molecule has 2 heterocycles. The highest BCUT2D eigenvalue weighted by atomic mass is 35.5. The summed E-state index contributed by atoms with van der Waals surface area (Å²) in [4.78, 5) is 33.3. The number of aromatic amines is 1. The quantitative estimate of drug-likeness (QED) is 0.483. The number of amides is 2. The van der Waals surface area contributed by atoms with Gasteiger partial charge >= 0.3 is 0 Å². The van der Waals surface area contributed by atoms with E-state index >= 15 is 0 Å². The van der Waals surface area contributed by atoms with Crippen LogP contribution >= 0.6 is 11.6 Å². The minimum atomic E-state index is -1.37. The highest BCUT2D eigenvalue weighted by Crippen LogP contribution is 2.21. The Labute approximate surface area is 204 Å². The van der Waals surface area contributed by atoms with Crippen molar-refractivity contribution in [2.45, 2.75) is 37.5 Å². The molecule has 1 fully saturated rings. The van der Waals surface area contributed by atoms with E-state index in [0.29, 0.717) is 17.1 Å². The van der Waals surface area contributed by atoms with Crippen molar-refractivity contribution in [1.29, 1.82) is 0 Å². The number of nitrogens with one attached hydrogen (secondary N) is 2. The van der Waals surface area contributed by atoms with Crippen LogP contribution in [0, 0.1) is 0 Å². The summed E-state index contributed by atoms with van der Waals surface area (Å²) >= 11 is 6.07. The Bertz CT molecular complexity index is 1140. The van der Waals surface area contributed by atoms with Crippen LogP contribution in [0.3, 0.4) is 0 Å². The van der Waals surface area contributed by atoms with E-state index in [1.807, 2.05) is 36.4 Å². The van der Waals surface area contributed by atoms with E-state index in [9.17, 15) is 14.7 Å². The number of likely N-dealkylation sites (tertiary alicyclic amines) is 1. The van der Waals surface area contributed by atoms with Crippen molar-refractivity contribution in [1.82, 2.24) is 20.1 Å². The molecule has 0 radical (unpaired) electrons. The zero-order valence-electron chi connectivity index (χ0n) is 19.5. The smallest absolute Gasteiger partial charge is 0.268 e. The molecule has 34 heavy (non-hydrogen) atoms. The van der Waals surface area contributed by atoms with Gasteiger partial charge in [-0.05, 0) is 69.2 Å². The molecule has 3 N–H and O–H groups in total. The fraction of sp³-hybridized carbons (Fsp3) is 0.385. The summed E-state index contributed by atoms with van der Waals surface area (Å²) in [6.07, 6.45) is 0.678. The van der Waals surface area contributed by atoms with Crippen molar-refractivity contribution in [3.05, 3.63) is 70.9 Å². The van der Waals surface area contributed by atoms with Crippen LogP contribution in [-0.4, -0.2) is 77.1 Å². The molecule has 7 nitrogen and oxygen atoms in total. The van der Waals surface area contributed by atoms with Crippen molar-refractivity contribution in [3.63, 3.8) is 0 Å². The lowest BCUT2D eigenvalue weighted by molar-refractivity contribution is -0.143. The van der Waals surface area contributed by atoms with Crippen LogP contribution in [0.25, 0.3) is 10.9 Å². The first-order valence-electron chi connectivity index (χ1n) is 11.6. The van der Waals surface area contributed by atoms with Gasteiger partial charge in [0.2, 0.25) is 0 Å². The van der Waals surface area contributed by atoms with Crippen molar-refractivity contribution in [3.8, 4) is 0 Å². The third-order valence-electron chi connectivity index (χ3n) is 6.66. The zero-order valence-corrected chi connectivity index (χ0v) is 20.3. The largest absolute Gasteiger partial charge is 0.381 e. The van der Waals surface area contributed by atoms with Gasteiger partial charge in [0.05, 0.1) is 6.04 Å². The molecule has 4 rings (SSSR count). The number of carbonyl (C=O) groups is 2. The van der Waals surface area contributed by atoms with Gasteiger partial charge in [-0.15, -0.1) is 0 Å². The molecule has 0 bridgehead atoms. The van der Waals surface area contributed by atoms with Crippen LogP contribution in [0.4, 0.5) is 0 Å². The lowest BCUT2D eigenvalue weighted by Crippen LogP contribution is -2.55. The van der Waals surface area contributed by atoms with E-state index < -0.39 is 12.1 Å². The fourth-order valence-electron chi connectivity index (χ4n) is 4.52. The summed E-state index contributed by atoms with van der Waals surface area (Å²) in [6, 6.07) is 15.9. The van der Waals surface area contributed by atoms with Crippen molar-refractivity contribution < 1.29 is 14.7 Å². The van der Waals surface area contributed by atoms with Gasteiger partial charge in [-0.3, -0.25) is 9.59 Å². The number of H-pyrrole nitrogens is 1. The molecule has 1 aliphatic rings. The van der Waals surface area contributed by atoms with Crippen LogP contribution < -0.4 is 5.32 Å². The van der Waals surface area contributed by atoms with Gasteiger partial charge < -0.3 is 25.2 Å². The Morgan fingerprint density at radius 3 is 2.59 bits per heavy atom. The van der Waals surface area contributed by atoms with Gasteiger partial charge in [-0.1, -0.05) is 41.9 Å². The fourth-order valence-corrected chi connectivity index (χ4v) is 4.71. The maximum Gasteiger partial charge on any atom is 0.268 e. The second-order valence-corrected chi connectivity index (χ2v) is 9.55. The number of benzene rings is 2. The van der Waals surface area contributed by atoms with Crippen LogP contribution in [-0.2, 0) is 11.2 Å². The number of aromatic nitrogens is 1. The molecule has 3 aromatic rings. The number of nitrogens with zero attached hydrogens (tertiary/aromatic N) is 2. The number of aliphatic hydroxyl groups is 1. The van der Waals surface area contributed by atoms with Crippen LogP contribution in [0.2, 0.25) is 5.02 Å². The van der Waals surface area contributed by atoms with Crippen LogP contribution in [0.5, 0.6) is 0 Å². The topological polar surface area (TPSA) is 88.7 Å². The Morgan fingerprint density at radius 1 is 1.18 bits per heavy atom. The first-order valence-corrected chi connectivity index (χ1v) is 12.0. The monoisotopic (exact) mass is 482 g/mol. The SMILES string of the molecule is CN1CCC(N(C)C(=O)[C@H](O)[C@H](Cc2ccccc2)NC(=O)c2cc3cc(Cl)ccc3[nH]2)CC1. The zero-order chi connectivity index (χ0) is 24.2. The molecule has 0 aliphatic carbocycles. The van der Waals surface area contributed by atoms with Gasteiger partial charge in [-0.25, -0.2) is 0 Å². The number of halogens is 1. The molecule has 0 saturated carbocycles. The maximum absolute atomic E-state index is 13.2. The van der Waals surface area contributed by atoms with E-state index in [0.717, 1.165) is 42.4 Å². The molecular weight excluding hydrogens is 452 g/mol. The lowest BCUT2D eigenvalue weighted by atomic mass is 9.98. The van der Waals surface area contributed by atoms with E-state index in [1.54, 1.807) is 30.1 Å². The van der Waals surface area contributed by atoms with Crippen molar-refractivity contribution >= 4 is 34.3 Å². The number of likely N-dealkylation sites (N-methyl/N-ethyl adjacent to an activating group) is 1. The molecule has 2 amide bonds. The Balaban J connectivity index is 1.52. The second-order valence-electron chi connectivity index (χ2n) is 9.11. The third kappa shape index (κ3) is 5.60. The number of hydrogen-bond acceptors (Lipinski definition) is 4. The minimum absolute atomic E-state index is 0.0740. The van der Waals surface area contributed by atoms with Crippen LogP contribution in [0.15, 0.2) is 54.6 Å². The number of aliphatic hydroxyl groups excluding tert-OH is 1. The van der Waals surface area contributed by atoms with Gasteiger partial charge in [0.15, 0.2) is 6.10 Å². The summed E-state index contributed by atoms with van der Waals surface area (Å²) in [5, 5.41) is 15.4. The molecule has 2 aromatic carbocycles. The van der Waals surface area contributed by atoms with Gasteiger partial charge in [0.25, 0.3) is 11.8 Å². The molecule has 180 valence electrons. The van der Waals surface area contributed by atoms with E-state index in [1.165, 1.54) is 0 Å². The number of hydrogen-bond donors (Lipinski definition) is 3. The average molecular weight is 483 g/mol. The molecule has 0 spiro atoms. The van der Waals surface area contributed by atoms with E-state index in [-0.39, 0.29) is 17.9 Å². The molecule has 1 aliphatic heterocycles. The second kappa shape index (κ2) is 10.6. The maximum atomic E-state index is 13.2.